The fraction of sp³-hybridized carbons (Fsp3) is 0.294. The summed E-state index contributed by atoms with van der Waals surface area (Å²) in [6.45, 7) is 7.69. The lowest BCUT2D eigenvalue weighted by Gasteiger charge is -2.29. The standard InChI is InChI=1S/C34H37N9O2/c1-24-7-6-10-27(17-24)29-11-12-41(37-29)32-21-34(40-13-15-44-16-14-40)43-33(36-32)20-31(39-43)30-18-25(2)42(38-30)23-45-22-28(35)19-26-8-4-3-5-9-26/h3-12,17-18,20-21,28H,13-16,19,22-23,35H2,1-2H3. The number of aromatic nitrogens is 7. The molecule has 0 radical (unpaired) electrons. The van der Waals surface area contributed by atoms with Crippen molar-refractivity contribution < 1.29 is 9.47 Å². The zero-order valence-electron chi connectivity index (χ0n) is 25.6. The zero-order chi connectivity index (χ0) is 30.8. The fourth-order valence-electron chi connectivity index (χ4n) is 5.65. The second-order valence-corrected chi connectivity index (χ2v) is 11.5. The number of fused-ring (bicyclic) bond motifs is 1. The molecule has 5 heterocycles. The van der Waals surface area contributed by atoms with Crippen LogP contribution in [0.1, 0.15) is 16.8 Å². The van der Waals surface area contributed by atoms with Gasteiger partial charge in [0.2, 0.25) is 0 Å². The maximum atomic E-state index is 6.32. The van der Waals surface area contributed by atoms with Crippen molar-refractivity contribution in [2.45, 2.75) is 33.0 Å². The molecule has 1 fully saturated rings. The predicted molar refractivity (Wildman–Crippen MR) is 173 cm³/mol. The minimum Gasteiger partial charge on any atom is -0.378 e. The van der Waals surface area contributed by atoms with Crippen LogP contribution in [0.2, 0.25) is 0 Å². The lowest BCUT2D eigenvalue weighted by Crippen LogP contribution is -2.37. The number of nitrogens with two attached hydrogens (primary N) is 1. The quantitative estimate of drug-likeness (QED) is 0.245. The van der Waals surface area contributed by atoms with Crippen LogP contribution in [-0.4, -0.2) is 73.1 Å². The van der Waals surface area contributed by atoms with Crippen LogP contribution in [0.3, 0.4) is 0 Å². The highest BCUT2D eigenvalue weighted by Gasteiger charge is 2.20. The average Bonchev–Trinajstić information content (AvgIpc) is 3.80. The predicted octanol–water partition coefficient (Wildman–Crippen LogP) is 4.44. The summed E-state index contributed by atoms with van der Waals surface area (Å²) < 4.78 is 17.2. The summed E-state index contributed by atoms with van der Waals surface area (Å²) in [6, 6.07) is 26.5. The zero-order valence-corrected chi connectivity index (χ0v) is 25.6. The van der Waals surface area contributed by atoms with Gasteiger partial charge >= 0.3 is 0 Å². The highest BCUT2D eigenvalue weighted by molar-refractivity contribution is 5.65. The maximum Gasteiger partial charge on any atom is 0.160 e. The van der Waals surface area contributed by atoms with Gasteiger partial charge in [-0.1, -0.05) is 54.1 Å². The first kappa shape index (κ1) is 28.9. The summed E-state index contributed by atoms with van der Waals surface area (Å²) in [5.41, 5.74) is 13.9. The minimum absolute atomic E-state index is 0.0947. The Balaban J connectivity index is 1.14. The maximum absolute atomic E-state index is 6.32. The van der Waals surface area contributed by atoms with Crippen LogP contribution in [0.4, 0.5) is 5.82 Å². The van der Waals surface area contributed by atoms with Crippen LogP contribution in [0.25, 0.3) is 34.1 Å². The molecule has 45 heavy (non-hydrogen) atoms. The number of nitrogens with zero attached hydrogens (tertiary/aromatic N) is 8. The first-order valence-corrected chi connectivity index (χ1v) is 15.3. The number of aryl methyl sites for hydroxylation is 2. The van der Waals surface area contributed by atoms with E-state index in [0.29, 0.717) is 32.2 Å². The molecule has 4 aromatic heterocycles. The van der Waals surface area contributed by atoms with E-state index in [9.17, 15) is 0 Å². The number of morpholine rings is 1. The first-order valence-electron chi connectivity index (χ1n) is 15.3. The highest BCUT2D eigenvalue weighted by Crippen LogP contribution is 2.26. The molecule has 1 aliphatic rings. The third kappa shape index (κ3) is 6.37. The Morgan fingerprint density at radius 3 is 2.51 bits per heavy atom. The molecule has 11 nitrogen and oxygen atoms in total. The number of hydrogen-bond donors (Lipinski definition) is 1. The molecule has 2 N–H and O–H groups in total. The first-order chi connectivity index (χ1) is 22.0. The Hall–Kier alpha value is -4.84. The lowest BCUT2D eigenvalue weighted by atomic mass is 10.1. The van der Waals surface area contributed by atoms with Crippen molar-refractivity contribution in [2.24, 2.45) is 5.73 Å². The van der Waals surface area contributed by atoms with Crippen molar-refractivity contribution in [2.75, 3.05) is 37.8 Å². The SMILES string of the molecule is Cc1cccc(-c2ccn(-c3cc(N4CCOCC4)n4nc(-c5cc(C)n(COCC(N)Cc6ccccc6)n5)cc4n3)n2)c1. The fourth-order valence-corrected chi connectivity index (χ4v) is 5.65. The van der Waals surface area contributed by atoms with Crippen LogP contribution in [0.15, 0.2) is 85.1 Å². The number of ether oxygens (including phenoxy) is 2. The Morgan fingerprint density at radius 1 is 0.867 bits per heavy atom. The van der Waals surface area contributed by atoms with E-state index in [-0.39, 0.29) is 6.04 Å². The molecule has 7 rings (SSSR count). The van der Waals surface area contributed by atoms with Crippen LogP contribution >= 0.6 is 0 Å². The summed E-state index contributed by atoms with van der Waals surface area (Å²) in [6.07, 6.45) is 2.71. The van der Waals surface area contributed by atoms with Gasteiger partial charge in [-0.2, -0.15) is 19.8 Å². The Labute approximate surface area is 261 Å². The van der Waals surface area contributed by atoms with Crippen molar-refractivity contribution in [3.63, 3.8) is 0 Å². The molecular weight excluding hydrogens is 566 g/mol. The van der Waals surface area contributed by atoms with Gasteiger partial charge in [-0.15, -0.1) is 0 Å². The van der Waals surface area contributed by atoms with E-state index in [1.54, 1.807) is 0 Å². The molecule has 0 amide bonds. The summed E-state index contributed by atoms with van der Waals surface area (Å²) in [5, 5.41) is 14.7. The topological polar surface area (TPSA) is 114 Å². The third-order valence-electron chi connectivity index (χ3n) is 8.00. The number of benzene rings is 2. The molecule has 230 valence electrons. The molecule has 2 aromatic carbocycles. The van der Waals surface area contributed by atoms with Crippen molar-refractivity contribution in [3.8, 4) is 28.5 Å². The van der Waals surface area contributed by atoms with Gasteiger partial charge in [0, 0.05) is 48.7 Å². The van der Waals surface area contributed by atoms with E-state index in [2.05, 4.69) is 48.2 Å². The van der Waals surface area contributed by atoms with Crippen molar-refractivity contribution in [1.29, 1.82) is 0 Å². The van der Waals surface area contributed by atoms with Gasteiger partial charge in [-0.05, 0) is 44.0 Å². The van der Waals surface area contributed by atoms with E-state index in [1.165, 1.54) is 11.1 Å². The number of rotatable bonds is 10. The summed E-state index contributed by atoms with van der Waals surface area (Å²) in [5.74, 6) is 1.65. The van der Waals surface area contributed by atoms with E-state index in [4.69, 9.17) is 35.5 Å². The van der Waals surface area contributed by atoms with Gasteiger partial charge in [0.25, 0.3) is 0 Å². The van der Waals surface area contributed by atoms with Crippen LogP contribution in [0.5, 0.6) is 0 Å². The van der Waals surface area contributed by atoms with Gasteiger partial charge in [0.1, 0.15) is 23.9 Å². The second-order valence-electron chi connectivity index (χ2n) is 11.5. The smallest absolute Gasteiger partial charge is 0.160 e. The van der Waals surface area contributed by atoms with Gasteiger partial charge in [0.05, 0.1) is 25.5 Å². The lowest BCUT2D eigenvalue weighted by molar-refractivity contribution is 0.0580. The van der Waals surface area contributed by atoms with Crippen molar-refractivity contribution in [1.82, 2.24) is 34.2 Å². The molecular formula is C34H37N9O2. The average molecular weight is 604 g/mol. The summed E-state index contributed by atoms with van der Waals surface area (Å²) in [4.78, 5) is 7.25. The van der Waals surface area contributed by atoms with E-state index in [0.717, 1.165) is 59.5 Å². The Morgan fingerprint density at radius 2 is 1.69 bits per heavy atom. The molecule has 6 aromatic rings. The molecule has 1 saturated heterocycles. The minimum atomic E-state index is -0.0947. The van der Waals surface area contributed by atoms with Gasteiger partial charge < -0.3 is 20.1 Å². The molecule has 1 aliphatic heterocycles. The largest absolute Gasteiger partial charge is 0.378 e. The Kier molecular flexibility index (Phi) is 8.12. The Bertz CT molecular complexity index is 1900. The van der Waals surface area contributed by atoms with Crippen molar-refractivity contribution in [3.05, 3.63) is 102 Å². The third-order valence-corrected chi connectivity index (χ3v) is 8.00. The summed E-state index contributed by atoms with van der Waals surface area (Å²) in [7, 11) is 0. The van der Waals surface area contributed by atoms with E-state index < -0.39 is 0 Å². The van der Waals surface area contributed by atoms with Gasteiger partial charge in [-0.25, -0.2) is 14.3 Å². The van der Waals surface area contributed by atoms with Crippen LogP contribution in [-0.2, 0) is 22.6 Å². The van der Waals surface area contributed by atoms with Crippen molar-refractivity contribution >= 4 is 11.5 Å². The normalized spacial score (nSPS) is 14.3. The molecule has 1 unspecified atom stereocenters. The monoisotopic (exact) mass is 603 g/mol. The van der Waals surface area contributed by atoms with E-state index in [1.807, 2.05) is 69.5 Å². The molecule has 0 spiro atoms. The van der Waals surface area contributed by atoms with E-state index >= 15 is 0 Å². The van der Waals surface area contributed by atoms with Crippen LogP contribution in [0, 0.1) is 13.8 Å². The number of anilines is 1. The van der Waals surface area contributed by atoms with Gasteiger partial charge in [0.15, 0.2) is 11.5 Å². The molecule has 0 aliphatic carbocycles. The van der Waals surface area contributed by atoms with Crippen LogP contribution < -0.4 is 10.6 Å². The summed E-state index contributed by atoms with van der Waals surface area (Å²) >= 11 is 0. The number of hydrogen-bond acceptors (Lipinski definition) is 8. The van der Waals surface area contributed by atoms with Gasteiger partial charge in [-0.3, -0.25) is 0 Å². The second kappa shape index (κ2) is 12.6. The highest BCUT2D eigenvalue weighted by atomic mass is 16.5. The molecule has 0 bridgehead atoms. The molecule has 11 heteroatoms. The molecule has 0 saturated carbocycles. The molecule has 1 atom stereocenters.